The van der Waals surface area contributed by atoms with Gasteiger partial charge in [0.05, 0.1) is 0 Å². The van der Waals surface area contributed by atoms with Crippen LogP contribution in [0.1, 0.15) is 19.3 Å². The Balaban J connectivity index is 2.35. The molecule has 2 heteroatoms. The summed E-state index contributed by atoms with van der Waals surface area (Å²) in [5, 5.41) is 2.76. The minimum Gasteiger partial charge on any atom is -0.353 e. The maximum Gasteiger partial charge on any atom is 0.220 e. The molecule has 50 valence electrons. The lowest BCUT2D eigenvalue weighted by Gasteiger charge is -2.03. The molecule has 1 amide bonds. The van der Waals surface area contributed by atoms with Gasteiger partial charge >= 0.3 is 0 Å². The summed E-state index contributed by atoms with van der Waals surface area (Å²) in [5.74, 6) is 0.180. The largest absolute Gasteiger partial charge is 0.353 e. The molecule has 0 bridgehead atoms. The molecular weight excluding hydrogens is 114 g/mol. The lowest BCUT2D eigenvalue weighted by atomic mass is 10.2. The predicted molar refractivity (Wildman–Crippen MR) is 36.0 cm³/mol. The molecule has 0 fully saturated rings. The van der Waals surface area contributed by atoms with E-state index >= 15 is 0 Å². The van der Waals surface area contributed by atoms with Crippen molar-refractivity contribution in [1.82, 2.24) is 5.32 Å². The summed E-state index contributed by atoms with van der Waals surface area (Å²) in [4.78, 5) is 10.7. The normalized spacial score (nSPS) is 20.2. The third-order valence-corrected chi connectivity index (χ3v) is 1.36. The van der Waals surface area contributed by atoms with Crippen molar-refractivity contribution in [3.8, 4) is 0 Å². The van der Waals surface area contributed by atoms with E-state index in [9.17, 15) is 4.79 Å². The second-order valence-corrected chi connectivity index (χ2v) is 2.17. The molecule has 0 aliphatic carbocycles. The summed E-state index contributed by atoms with van der Waals surface area (Å²) in [7, 11) is 0. The molecule has 0 spiro atoms. The van der Waals surface area contributed by atoms with Crippen LogP contribution in [0.5, 0.6) is 0 Å². The number of nitrogens with one attached hydrogen (secondary N) is 1. The summed E-state index contributed by atoms with van der Waals surface area (Å²) in [6, 6.07) is 0. The molecule has 1 N–H and O–H groups in total. The van der Waals surface area contributed by atoms with Gasteiger partial charge in [-0.05, 0) is 12.8 Å². The van der Waals surface area contributed by atoms with Gasteiger partial charge in [0.1, 0.15) is 0 Å². The van der Waals surface area contributed by atoms with E-state index in [1.165, 1.54) is 0 Å². The van der Waals surface area contributed by atoms with Crippen LogP contribution in [0.3, 0.4) is 0 Å². The topological polar surface area (TPSA) is 29.1 Å². The maximum atomic E-state index is 10.7. The number of hydrogen-bond acceptors (Lipinski definition) is 1. The van der Waals surface area contributed by atoms with Gasteiger partial charge in [0.2, 0.25) is 5.91 Å². The van der Waals surface area contributed by atoms with Gasteiger partial charge in [0.25, 0.3) is 0 Å². The Kier molecular flexibility index (Phi) is 2.31. The van der Waals surface area contributed by atoms with Crippen molar-refractivity contribution >= 4 is 5.91 Å². The van der Waals surface area contributed by atoms with Crippen molar-refractivity contribution in [2.45, 2.75) is 19.3 Å². The molecule has 0 saturated carbocycles. The number of hydrogen-bond donors (Lipinski definition) is 1. The minimum atomic E-state index is 0.180. The van der Waals surface area contributed by atoms with Crippen LogP contribution in [0.4, 0.5) is 0 Å². The van der Waals surface area contributed by atoms with Crippen LogP contribution in [0, 0.1) is 0 Å². The van der Waals surface area contributed by atoms with Gasteiger partial charge in [-0.2, -0.15) is 0 Å². The first-order valence-electron chi connectivity index (χ1n) is 3.31. The van der Waals surface area contributed by atoms with Gasteiger partial charge in [-0.1, -0.05) is 12.2 Å². The van der Waals surface area contributed by atoms with Crippen LogP contribution < -0.4 is 5.32 Å². The molecule has 1 aliphatic heterocycles. The lowest BCUT2D eigenvalue weighted by Crippen LogP contribution is -2.23. The molecule has 0 atom stereocenters. The van der Waals surface area contributed by atoms with Gasteiger partial charge in [-0.3, -0.25) is 4.79 Å². The van der Waals surface area contributed by atoms with Crippen molar-refractivity contribution < 1.29 is 4.79 Å². The number of amides is 1. The van der Waals surface area contributed by atoms with Gasteiger partial charge in [-0.15, -0.1) is 0 Å². The molecular formula is C7H11NO. The summed E-state index contributed by atoms with van der Waals surface area (Å²) >= 11 is 0. The van der Waals surface area contributed by atoms with Crippen molar-refractivity contribution in [3.63, 3.8) is 0 Å². The van der Waals surface area contributed by atoms with Crippen LogP contribution >= 0.6 is 0 Å². The van der Waals surface area contributed by atoms with Crippen molar-refractivity contribution in [3.05, 3.63) is 12.2 Å². The summed E-state index contributed by atoms with van der Waals surface area (Å²) in [5.41, 5.74) is 0. The third kappa shape index (κ3) is 2.31. The van der Waals surface area contributed by atoms with Crippen LogP contribution in [0.25, 0.3) is 0 Å². The van der Waals surface area contributed by atoms with E-state index in [1.807, 2.05) is 6.08 Å². The number of carbonyl (C=O) groups is 1. The first kappa shape index (κ1) is 6.33. The second kappa shape index (κ2) is 3.28. The fourth-order valence-electron chi connectivity index (χ4n) is 0.843. The molecule has 0 aromatic rings. The highest BCUT2D eigenvalue weighted by molar-refractivity contribution is 5.76. The first-order valence-corrected chi connectivity index (χ1v) is 3.31. The predicted octanol–water partition coefficient (Wildman–Crippen LogP) is 0.843. The molecule has 0 saturated heterocycles. The van der Waals surface area contributed by atoms with E-state index in [2.05, 4.69) is 11.4 Å². The lowest BCUT2D eigenvalue weighted by molar-refractivity contribution is -0.121. The van der Waals surface area contributed by atoms with E-state index in [-0.39, 0.29) is 5.91 Å². The summed E-state index contributed by atoms with van der Waals surface area (Å²) in [6.07, 6.45) is 6.83. The van der Waals surface area contributed by atoms with Gasteiger partial charge < -0.3 is 5.32 Å². The molecule has 1 heterocycles. The molecule has 2 nitrogen and oxygen atoms in total. The van der Waals surface area contributed by atoms with Crippen LogP contribution in [0.2, 0.25) is 0 Å². The molecule has 1 aliphatic rings. The Hall–Kier alpha value is -0.790. The van der Waals surface area contributed by atoms with Gasteiger partial charge in [0, 0.05) is 13.0 Å². The quantitative estimate of drug-likeness (QED) is 0.477. The fourth-order valence-corrected chi connectivity index (χ4v) is 0.843. The second-order valence-electron chi connectivity index (χ2n) is 2.17. The zero-order valence-corrected chi connectivity index (χ0v) is 5.39. The average molecular weight is 125 g/mol. The number of rotatable bonds is 0. The smallest absolute Gasteiger partial charge is 0.220 e. The Morgan fingerprint density at radius 3 is 3.22 bits per heavy atom. The van der Waals surface area contributed by atoms with Gasteiger partial charge in [0.15, 0.2) is 0 Å². The van der Waals surface area contributed by atoms with E-state index in [0.29, 0.717) is 13.0 Å². The standard InChI is InChI=1S/C7H11NO/c9-7-5-3-1-2-4-6-8-7/h2,4H,1,3,5-6H2,(H,8,9). The Morgan fingerprint density at radius 2 is 2.33 bits per heavy atom. The Labute approximate surface area is 54.9 Å². The Bertz CT molecular complexity index is 129. The van der Waals surface area contributed by atoms with Crippen molar-refractivity contribution in [2.24, 2.45) is 0 Å². The van der Waals surface area contributed by atoms with E-state index in [0.717, 1.165) is 12.8 Å². The van der Waals surface area contributed by atoms with E-state index in [1.54, 1.807) is 0 Å². The Morgan fingerprint density at radius 1 is 1.44 bits per heavy atom. The minimum absolute atomic E-state index is 0.180. The summed E-state index contributed by atoms with van der Waals surface area (Å²) in [6.45, 7) is 0.707. The van der Waals surface area contributed by atoms with Crippen LogP contribution in [0.15, 0.2) is 12.2 Å². The number of carbonyl (C=O) groups excluding carboxylic acids is 1. The fraction of sp³-hybridized carbons (Fsp3) is 0.571. The molecule has 1 rings (SSSR count). The zero-order valence-electron chi connectivity index (χ0n) is 5.39. The van der Waals surface area contributed by atoms with E-state index in [4.69, 9.17) is 0 Å². The highest BCUT2D eigenvalue weighted by Gasteiger charge is 1.99. The number of allylic oxidation sites excluding steroid dienone is 1. The molecule has 0 aromatic carbocycles. The maximum absolute atomic E-state index is 10.7. The van der Waals surface area contributed by atoms with E-state index < -0.39 is 0 Å². The molecule has 0 radical (unpaired) electrons. The molecule has 0 aromatic heterocycles. The highest BCUT2D eigenvalue weighted by atomic mass is 16.1. The monoisotopic (exact) mass is 125 g/mol. The zero-order chi connectivity index (χ0) is 6.53. The van der Waals surface area contributed by atoms with Crippen molar-refractivity contribution in [2.75, 3.05) is 6.54 Å². The van der Waals surface area contributed by atoms with Gasteiger partial charge in [-0.25, -0.2) is 0 Å². The third-order valence-electron chi connectivity index (χ3n) is 1.36. The molecule has 9 heavy (non-hydrogen) atoms. The van der Waals surface area contributed by atoms with Crippen LogP contribution in [-0.4, -0.2) is 12.5 Å². The average Bonchev–Trinajstić information content (AvgIpc) is 1.79. The van der Waals surface area contributed by atoms with Crippen molar-refractivity contribution in [1.29, 1.82) is 0 Å². The highest BCUT2D eigenvalue weighted by Crippen LogP contribution is 1.98. The van der Waals surface area contributed by atoms with Crippen LogP contribution in [-0.2, 0) is 4.79 Å². The molecule has 0 unspecified atom stereocenters. The summed E-state index contributed by atoms with van der Waals surface area (Å²) < 4.78 is 0. The SMILES string of the molecule is O=C1CCCC=CCN1. The first-order chi connectivity index (χ1) is 4.39.